The van der Waals surface area contributed by atoms with Crippen LogP contribution in [0.2, 0.25) is 10.0 Å². The van der Waals surface area contributed by atoms with E-state index in [1.165, 1.54) is 18.0 Å². The first-order valence-corrected chi connectivity index (χ1v) is 8.34. The van der Waals surface area contributed by atoms with E-state index in [1.54, 1.807) is 25.1 Å². The number of hydrogen-bond acceptors (Lipinski definition) is 6. The molecule has 0 aliphatic carbocycles. The third-order valence-electron chi connectivity index (χ3n) is 2.65. The van der Waals surface area contributed by atoms with Crippen molar-refractivity contribution in [3.8, 4) is 0 Å². The Labute approximate surface area is 142 Å². The SMILES string of the molecule is CCOC(=O)c1cnc(SC)nc1Nc1c(Cl)cccc1Cl. The molecular weight excluding hydrogens is 345 g/mol. The van der Waals surface area contributed by atoms with E-state index in [0.717, 1.165) is 0 Å². The Morgan fingerprint density at radius 1 is 1.36 bits per heavy atom. The van der Waals surface area contributed by atoms with Gasteiger partial charge in [-0.15, -0.1) is 0 Å². The molecule has 0 unspecified atom stereocenters. The second kappa shape index (κ2) is 7.67. The van der Waals surface area contributed by atoms with Crippen molar-refractivity contribution in [3.63, 3.8) is 0 Å². The zero-order valence-corrected chi connectivity index (χ0v) is 14.2. The fourth-order valence-electron chi connectivity index (χ4n) is 1.65. The summed E-state index contributed by atoms with van der Waals surface area (Å²) in [5.41, 5.74) is 0.692. The summed E-state index contributed by atoms with van der Waals surface area (Å²) in [6.45, 7) is 1.99. The lowest BCUT2D eigenvalue weighted by Crippen LogP contribution is -2.11. The topological polar surface area (TPSA) is 64.1 Å². The summed E-state index contributed by atoms with van der Waals surface area (Å²) < 4.78 is 5.01. The Morgan fingerprint density at radius 3 is 2.64 bits per heavy atom. The molecule has 116 valence electrons. The molecular formula is C14H13Cl2N3O2S. The van der Waals surface area contributed by atoms with Gasteiger partial charge in [-0.1, -0.05) is 41.0 Å². The lowest BCUT2D eigenvalue weighted by atomic mass is 10.2. The van der Waals surface area contributed by atoms with E-state index in [0.29, 0.717) is 26.7 Å². The molecule has 0 saturated heterocycles. The number of rotatable bonds is 5. The molecule has 0 fully saturated rings. The number of anilines is 2. The number of carbonyl (C=O) groups excluding carboxylic acids is 1. The van der Waals surface area contributed by atoms with Gasteiger partial charge in [0.25, 0.3) is 0 Å². The largest absolute Gasteiger partial charge is 0.462 e. The van der Waals surface area contributed by atoms with Crippen LogP contribution in [0.4, 0.5) is 11.5 Å². The lowest BCUT2D eigenvalue weighted by molar-refractivity contribution is 0.0526. The van der Waals surface area contributed by atoms with Gasteiger partial charge in [-0.3, -0.25) is 0 Å². The first-order chi connectivity index (χ1) is 10.6. The molecule has 0 aliphatic rings. The Bertz CT molecular complexity index is 678. The van der Waals surface area contributed by atoms with Crippen molar-refractivity contribution >= 4 is 52.4 Å². The van der Waals surface area contributed by atoms with Crippen molar-refractivity contribution in [2.75, 3.05) is 18.2 Å². The minimum atomic E-state index is -0.513. The van der Waals surface area contributed by atoms with Gasteiger partial charge in [-0.2, -0.15) is 0 Å². The number of ether oxygens (including phenoxy) is 1. The van der Waals surface area contributed by atoms with Gasteiger partial charge >= 0.3 is 5.97 Å². The number of thioether (sulfide) groups is 1. The highest BCUT2D eigenvalue weighted by Crippen LogP contribution is 2.33. The van der Waals surface area contributed by atoms with E-state index in [4.69, 9.17) is 27.9 Å². The number of para-hydroxylation sites is 1. The highest BCUT2D eigenvalue weighted by Gasteiger charge is 2.18. The number of halogens is 2. The first-order valence-electron chi connectivity index (χ1n) is 6.36. The monoisotopic (exact) mass is 357 g/mol. The highest BCUT2D eigenvalue weighted by molar-refractivity contribution is 7.98. The first kappa shape index (κ1) is 16.9. The van der Waals surface area contributed by atoms with Gasteiger partial charge < -0.3 is 10.1 Å². The molecule has 0 radical (unpaired) electrons. The summed E-state index contributed by atoms with van der Waals surface area (Å²) in [4.78, 5) is 20.4. The van der Waals surface area contributed by atoms with E-state index in [1.807, 2.05) is 6.26 Å². The number of nitrogens with zero attached hydrogens (tertiary/aromatic N) is 2. The van der Waals surface area contributed by atoms with E-state index < -0.39 is 5.97 Å². The van der Waals surface area contributed by atoms with Crippen LogP contribution in [0.25, 0.3) is 0 Å². The number of esters is 1. The van der Waals surface area contributed by atoms with Gasteiger partial charge in [0.05, 0.1) is 22.3 Å². The third kappa shape index (κ3) is 3.82. The van der Waals surface area contributed by atoms with Gasteiger partial charge in [0.1, 0.15) is 11.4 Å². The molecule has 1 heterocycles. The maximum atomic E-state index is 12.0. The number of benzene rings is 1. The molecule has 0 spiro atoms. The highest BCUT2D eigenvalue weighted by atomic mass is 35.5. The van der Waals surface area contributed by atoms with Crippen molar-refractivity contribution in [2.45, 2.75) is 12.1 Å². The molecule has 2 aromatic rings. The lowest BCUT2D eigenvalue weighted by Gasteiger charge is -2.13. The molecule has 1 aromatic heterocycles. The number of nitrogens with one attached hydrogen (secondary N) is 1. The number of aromatic nitrogens is 2. The molecule has 0 bridgehead atoms. The van der Waals surface area contributed by atoms with Crippen molar-refractivity contribution in [2.24, 2.45) is 0 Å². The Kier molecular flexibility index (Phi) is 5.88. The van der Waals surface area contributed by atoms with E-state index in [9.17, 15) is 4.79 Å². The van der Waals surface area contributed by atoms with Gasteiger partial charge in [0.2, 0.25) is 0 Å². The molecule has 8 heteroatoms. The second-order valence-corrected chi connectivity index (χ2v) is 5.65. The summed E-state index contributed by atoms with van der Waals surface area (Å²) in [5, 5.41) is 4.35. The maximum absolute atomic E-state index is 12.0. The number of carbonyl (C=O) groups is 1. The molecule has 1 N–H and O–H groups in total. The molecule has 0 amide bonds. The standard InChI is InChI=1S/C14H13Cl2N3O2S/c1-3-21-13(20)8-7-17-14(22-2)19-12(8)18-11-9(15)5-4-6-10(11)16/h4-7H,3H2,1-2H3,(H,17,18,19). The Balaban J connectivity index is 2.45. The summed E-state index contributed by atoms with van der Waals surface area (Å²) in [5.74, 6) is -0.214. The van der Waals surface area contributed by atoms with Gasteiger partial charge in [-0.25, -0.2) is 14.8 Å². The van der Waals surface area contributed by atoms with Gasteiger partial charge in [-0.05, 0) is 25.3 Å². The molecule has 0 atom stereocenters. The molecule has 2 rings (SSSR count). The van der Waals surface area contributed by atoms with Crippen LogP contribution in [0.1, 0.15) is 17.3 Å². The Hall–Kier alpha value is -1.50. The zero-order valence-electron chi connectivity index (χ0n) is 11.9. The third-order valence-corrected chi connectivity index (χ3v) is 3.84. The minimum absolute atomic E-state index is 0.218. The predicted octanol–water partition coefficient (Wildman–Crippen LogP) is 4.43. The van der Waals surface area contributed by atoms with Crippen LogP contribution in [-0.4, -0.2) is 28.8 Å². The van der Waals surface area contributed by atoms with Crippen LogP contribution in [-0.2, 0) is 4.74 Å². The molecule has 22 heavy (non-hydrogen) atoms. The van der Waals surface area contributed by atoms with Crippen molar-refractivity contribution in [1.29, 1.82) is 0 Å². The molecule has 0 aliphatic heterocycles. The van der Waals surface area contributed by atoms with Crippen LogP contribution in [0.15, 0.2) is 29.6 Å². The van der Waals surface area contributed by atoms with Gasteiger partial charge in [0.15, 0.2) is 5.16 Å². The average Bonchev–Trinajstić information content (AvgIpc) is 2.51. The molecule has 0 saturated carbocycles. The quantitative estimate of drug-likeness (QED) is 0.485. The molecule has 5 nitrogen and oxygen atoms in total. The normalized spacial score (nSPS) is 10.4. The predicted molar refractivity (Wildman–Crippen MR) is 89.5 cm³/mol. The fraction of sp³-hybridized carbons (Fsp3) is 0.214. The maximum Gasteiger partial charge on any atom is 0.343 e. The number of hydrogen-bond donors (Lipinski definition) is 1. The summed E-state index contributed by atoms with van der Waals surface area (Å²) >= 11 is 13.6. The summed E-state index contributed by atoms with van der Waals surface area (Å²) in [6.07, 6.45) is 3.26. The average molecular weight is 358 g/mol. The smallest absolute Gasteiger partial charge is 0.343 e. The Morgan fingerprint density at radius 2 is 2.05 bits per heavy atom. The van der Waals surface area contributed by atoms with Crippen LogP contribution < -0.4 is 5.32 Å². The van der Waals surface area contributed by atoms with E-state index in [2.05, 4.69) is 15.3 Å². The van der Waals surface area contributed by atoms with Crippen LogP contribution >= 0.6 is 35.0 Å². The summed E-state index contributed by atoms with van der Waals surface area (Å²) in [7, 11) is 0. The van der Waals surface area contributed by atoms with Crippen LogP contribution in [0.3, 0.4) is 0 Å². The van der Waals surface area contributed by atoms with Crippen LogP contribution in [0, 0.1) is 0 Å². The molecule has 1 aromatic carbocycles. The van der Waals surface area contributed by atoms with Crippen LogP contribution in [0.5, 0.6) is 0 Å². The van der Waals surface area contributed by atoms with E-state index in [-0.39, 0.29) is 12.2 Å². The second-order valence-electron chi connectivity index (χ2n) is 4.06. The fourth-order valence-corrected chi connectivity index (χ4v) is 2.49. The zero-order chi connectivity index (χ0) is 16.1. The van der Waals surface area contributed by atoms with Gasteiger partial charge in [0, 0.05) is 6.20 Å². The van der Waals surface area contributed by atoms with Crippen molar-refractivity contribution in [3.05, 3.63) is 40.0 Å². The minimum Gasteiger partial charge on any atom is -0.462 e. The van der Waals surface area contributed by atoms with E-state index >= 15 is 0 Å². The summed E-state index contributed by atoms with van der Waals surface area (Å²) in [6, 6.07) is 5.11. The van der Waals surface area contributed by atoms with Crippen molar-refractivity contribution < 1.29 is 9.53 Å². The van der Waals surface area contributed by atoms with Crippen molar-refractivity contribution in [1.82, 2.24) is 9.97 Å².